The Kier molecular flexibility index (Phi) is 5.55. The van der Waals surface area contributed by atoms with Crippen molar-refractivity contribution >= 4 is 39.5 Å². The van der Waals surface area contributed by atoms with Gasteiger partial charge in [0.25, 0.3) is 5.91 Å². The van der Waals surface area contributed by atoms with Crippen molar-refractivity contribution in [1.29, 1.82) is 0 Å². The third kappa shape index (κ3) is 4.62. The minimum absolute atomic E-state index is 0.0728. The largest absolute Gasteiger partial charge is 0.452 e. The number of rotatable bonds is 6. The molecule has 1 aromatic carbocycles. The fourth-order valence-corrected chi connectivity index (χ4v) is 3.24. The number of carbonyl (C=O) groups is 2. The molecule has 0 radical (unpaired) electrons. The topological polar surface area (TPSA) is 77.5 Å². The molecule has 1 aromatic heterocycles. The Morgan fingerprint density at radius 3 is 3.08 bits per heavy atom. The quantitative estimate of drug-likeness (QED) is 0.640. The maximum atomic E-state index is 11.7. The maximum Gasteiger partial charge on any atom is 0.331 e. The molecule has 1 aliphatic heterocycles. The average Bonchev–Trinajstić information content (AvgIpc) is 3.25. The average molecular weight is 346 g/mol. The van der Waals surface area contributed by atoms with Crippen molar-refractivity contribution in [3.05, 3.63) is 35.3 Å². The zero-order valence-corrected chi connectivity index (χ0v) is 13.9. The van der Waals surface area contributed by atoms with Gasteiger partial charge in [-0.25, -0.2) is 9.78 Å². The molecule has 24 heavy (non-hydrogen) atoms. The number of fused-ring (bicyclic) bond motifs is 1. The number of nitrogens with zero attached hydrogens (tertiary/aromatic N) is 1. The number of aromatic nitrogens is 1. The standard InChI is InChI=1S/C17H18N2O4S/c20-15(18-10-12-4-3-9-22-12)11-23-17(21)8-7-16-19-13-5-1-2-6-14(13)24-16/h1-2,5-8,12H,3-4,9-11H2,(H,18,20)/b8-7+/t12-/m1/s1. The van der Waals surface area contributed by atoms with E-state index in [2.05, 4.69) is 10.3 Å². The molecule has 2 heterocycles. The summed E-state index contributed by atoms with van der Waals surface area (Å²) in [5.41, 5.74) is 0.893. The summed E-state index contributed by atoms with van der Waals surface area (Å²) in [7, 11) is 0. The lowest BCUT2D eigenvalue weighted by Gasteiger charge is -2.10. The molecule has 0 aliphatic carbocycles. The molecular weight excluding hydrogens is 328 g/mol. The van der Waals surface area contributed by atoms with Gasteiger partial charge in [-0.15, -0.1) is 11.3 Å². The predicted octanol–water partition coefficient (Wildman–Crippen LogP) is 2.15. The Hall–Kier alpha value is -2.25. The number of para-hydroxylation sites is 1. The van der Waals surface area contributed by atoms with E-state index in [4.69, 9.17) is 9.47 Å². The first-order chi connectivity index (χ1) is 11.7. The minimum Gasteiger partial charge on any atom is -0.452 e. The van der Waals surface area contributed by atoms with Crippen LogP contribution in [0.5, 0.6) is 0 Å². The van der Waals surface area contributed by atoms with Crippen LogP contribution in [0.2, 0.25) is 0 Å². The molecule has 1 amide bonds. The van der Waals surface area contributed by atoms with E-state index in [0.29, 0.717) is 6.54 Å². The molecule has 126 valence electrons. The lowest BCUT2D eigenvalue weighted by atomic mass is 10.2. The fourth-order valence-electron chi connectivity index (χ4n) is 2.37. The van der Waals surface area contributed by atoms with Crippen LogP contribution >= 0.6 is 11.3 Å². The number of amides is 1. The molecule has 6 nitrogen and oxygen atoms in total. The van der Waals surface area contributed by atoms with E-state index in [9.17, 15) is 9.59 Å². The van der Waals surface area contributed by atoms with Gasteiger partial charge in [0.2, 0.25) is 0 Å². The van der Waals surface area contributed by atoms with Gasteiger partial charge < -0.3 is 14.8 Å². The lowest BCUT2D eigenvalue weighted by molar-refractivity contribution is -0.143. The highest BCUT2D eigenvalue weighted by atomic mass is 32.1. The molecule has 2 aromatic rings. The zero-order chi connectivity index (χ0) is 16.8. The third-order valence-corrected chi connectivity index (χ3v) is 4.57. The number of thiazole rings is 1. The van der Waals surface area contributed by atoms with Gasteiger partial charge in [0.15, 0.2) is 6.61 Å². The molecule has 0 unspecified atom stereocenters. The Morgan fingerprint density at radius 2 is 2.29 bits per heavy atom. The van der Waals surface area contributed by atoms with Crippen LogP contribution in [0.4, 0.5) is 0 Å². The Labute approximate surface area is 143 Å². The summed E-state index contributed by atoms with van der Waals surface area (Å²) in [5.74, 6) is -0.895. The zero-order valence-electron chi connectivity index (χ0n) is 13.1. The van der Waals surface area contributed by atoms with Crippen LogP contribution in [-0.2, 0) is 19.1 Å². The molecule has 1 fully saturated rings. The summed E-state index contributed by atoms with van der Waals surface area (Å²) >= 11 is 1.49. The van der Waals surface area contributed by atoms with Crippen LogP contribution in [0, 0.1) is 0 Å². The first-order valence-electron chi connectivity index (χ1n) is 7.79. The summed E-state index contributed by atoms with van der Waals surface area (Å²) in [6, 6.07) is 7.75. The van der Waals surface area contributed by atoms with Crippen LogP contribution in [0.1, 0.15) is 17.8 Å². The van der Waals surface area contributed by atoms with E-state index in [1.807, 2.05) is 24.3 Å². The van der Waals surface area contributed by atoms with Crippen molar-refractivity contribution in [1.82, 2.24) is 10.3 Å². The second kappa shape index (κ2) is 8.03. The predicted molar refractivity (Wildman–Crippen MR) is 91.6 cm³/mol. The highest BCUT2D eigenvalue weighted by Gasteiger charge is 2.16. The number of nitrogens with one attached hydrogen (secondary N) is 1. The molecule has 0 saturated carbocycles. The van der Waals surface area contributed by atoms with Gasteiger partial charge in [0, 0.05) is 19.2 Å². The van der Waals surface area contributed by atoms with Gasteiger partial charge in [0.1, 0.15) is 5.01 Å². The van der Waals surface area contributed by atoms with Crippen LogP contribution in [-0.4, -0.2) is 42.7 Å². The van der Waals surface area contributed by atoms with E-state index in [1.165, 1.54) is 17.4 Å². The van der Waals surface area contributed by atoms with Gasteiger partial charge in [-0.2, -0.15) is 0 Å². The molecule has 1 aliphatic rings. The second-order valence-electron chi connectivity index (χ2n) is 5.40. The molecule has 3 rings (SSSR count). The van der Waals surface area contributed by atoms with Crippen LogP contribution in [0.15, 0.2) is 30.3 Å². The van der Waals surface area contributed by atoms with E-state index in [1.54, 1.807) is 6.08 Å². The second-order valence-corrected chi connectivity index (χ2v) is 6.46. The number of carbonyl (C=O) groups excluding carboxylic acids is 2. The van der Waals surface area contributed by atoms with Crippen LogP contribution in [0.25, 0.3) is 16.3 Å². The Bertz CT molecular complexity index is 717. The van der Waals surface area contributed by atoms with Crippen molar-refractivity contribution in [2.24, 2.45) is 0 Å². The van der Waals surface area contributed by atoms with Crippen molar-refractivity contribution < 1.29 is 19.1 Å². The Morgan fingerprint density at radius 1 is 1.42 bits per heavy atom. The van der Waals surface area contributed by atoms with Gasteiger partial charge in [-0.3, -0.25) is 4.79 Å². The molecule has 0 bridgehead atoms. The molecule has 1 N–H and O–H groups in total. The normalized spacial score (nSPS) is 17.4. The van der Waals surface area contributed by atoms with Gasteiger partial charge in [-0.1, -0.05) is 12.1 Å². The SMILES string of the molecule is O=C(COC(=O)/C=C/c1nc2ccccc2s1)NC[C@H]1CCCO1. The first-order valence-corrected chi connectivity index (χ1v) is 8.61. The van der Waals surface area contributed by atoms with Gasteiger partial charge in [-0.05, 0) is 31.1 Å². The highest BCUT2D eigenvalue weighted by Crippen LogP contribution is 2.22. The van der Waals surface area contributed by atoms with E-state index >= 15 is 0 Å². The summed E-state index contributed by atoms with van der Waals surface area (Å²) in [5, 5.41) is 3.41. The van der Waals surface area contributed by atoms with Gasteiger partial charge >= 0.3 is 5.97 Å². The molecule has 1 saturated heterocycles. The van der Waals surface area contributed by atoms with Crippen molar-refractivity contribution in [3.63, 3.8) is 0 Å². The summed E-state index contributed by atoms with van der Waals surface area (Å²) in [6.07, 6.45) is 4.92. The number of ether oxygens (including phenoxy) is 2. The number of hydrogen-bond donors (Lipinski definition) is 1. The van der Waals surface area contributed by atoms with Crippen molar-refractivity contribution in [2.75, 3.05) is 19.8 Å². The summed E-state index contributed by atoms with van der Waals surface area (Å²) in [6.45, 7) is 0.903. The lowest BCUT2D eigenvalue weighted by Crippen LogP contribution is -2.34. The highest BCUT2D eigenvalue weighted by molar-refractivity contribution is 7.19. The first kappa shape index (κ1) is 16.6. The van der Waals surface area contributed by atoms with E-state index in [-0.39, 0.29) is 18.6 Å². The summed E-state index contributed by atoms with van der Waals surface area (Å²) < 4.78 is 11.4. The molecule has 7 heteroatoms. The van der Waals surface area contributed by atoms with Crippen LogP contribution in [0.3, 0.4) is 0 Å². The molecular formula is C17H18N2O4S. The minimum atomic E-state index is -0.568. The smallest absolute Gasteiger partial charge is 0.331 e. The van der Waals surface area contributed by atoms with Crippen molar-refractivity contribution in [3.8, 4) is 0 Å². The van der Waals surface area contributed by atoms with E-state index in [0.717, 1.165) is 34.7 Å². The number of benzene rings is 1. The summed E-state index contributed by atoms with van der Waals surface area (Å²) in [4.78, 5) is 27.7. The molecule has 1 atom stereocenters. The van der Waals surface area contributed by atoms with Crippen LogP contribution < -0.4 is 5.32 Å². The van der Waals surface area contributed by atoms with Crippen molar-refractivity contribution in [2.45, 2.75) is 18.9 Å². The third-order valence-electron chi connectivity index (χ3n) is 3.57. The van der Waals surface area contributed by atoms with Gasteiger partial charge in [0.05, 0.1) is 16.3 Å². The maximum absolute atomic E-state index is 11.7. The monoisotopic (exact) mass is 346 g/mol. The fraction of sp³-hybridized carbons (Fsp3) is 0.353. The van der Waals surface area contributed by atoms with E-state index < -0.39 is 5.97 Å². The molecule has 0 spiro atoms. The Balaban J connectivity index is 1.42. The number of esters is 1. The number of hydrogen-bond acceptors (Lipinski definition) is 6.